The van der Waals surface area contributed by atoms with Gasteiger partial charge in [-0.25, -0.2) is 0 Å². The number of nitrogens with zero attached hydrogens (tertiary/aromatic N) is 1. The summed E-state index contributed by atoms with van der Waals surface area (Å²) in [6.45, 7) is 10.9. The van der Waals surface area contributed by atoms with Crippen LogP contribution in [0.2, 0.25) is 0 Å². The molecule has 0 fully saturated rings. The zero-order valence-electron chi connectivity index (χ0n) is 16.4. The molecule has 0 atom stereocenters. The van der Waals surface area contributed by atoms with Crippen LogP contribution in [0.25, 0.3) is 9.81 Å². The van der Waals surface area contributed by atoms with Crippen LogP contribution >= 0.6 is 25.3 Å². The molecule has 0 unspecified atom stereocenters. The molecular weight excluding hydrogens is 354 g/mol. The van der Waals surface area contributed by atoms with E-state index in [4.69, 9.17) is 25.3 Å². The van der Waals surface area contributed by atoms with E-state index in [9.17, 15) is 0 Å². The number of benzene rings is 2. The molecular formula is C23H31NS2. The maximum atomic E-state index is 4.92. The molecule has 2 aromatic rings. The molecule has 0 aliphatic heterocycles. The van der Waals surface area contributed by atoms with Crippen molar-refractivity contribution in [3.05, 3.63) is 65.2 Å². The Labute approximate surface area is 170 Å². The predicted octanol–water partition coefficient (Wildman–Crippen LogP) is 7.12. The van der Waals surface area contributed by atoms with Crippen LogP contribution in [0.3, 0.4) is 0 Å². The lowest BCUT2D eigenvalue weighted by molar-refractivity contribution is 0.641. The summed E-state index contributed by atoms with van der Waals surface area (Å²) >= 11 is 9.74. The molecule has 0 aromatic heterocycles. The zero-order chi connectivity index (χ0) is 19.1. The summed E-state index contributed by atoms with van der Waals surface area (Å²) < 4.78 is 0. The van der Waals surface area contributed by atoms with Gasteiger partial charge in [-0.15, -0.1) is 25.3 Å². The van der Waals surface area contributed by atoms with Gasteiger partial charge in [0, 0.05) is 34.2 Å². The van der Waals surface area contributed by atoms with E-state index >= 15 is 0 Å². The van der Waals surface area contributed by atoms with Crippen molar-refractivity contribution in [2.45, 2.75) is 46.5 Å². The largest absolute Gasteiger partial charge is 0.372 e. The number of hydrogen-bond donors (Lipinski definition) is 2. The average molecular weight is 386 g/mol. The van der Waals surface area contributed by atoms with Gasteiger partial charge in [0.1, 0.15) is 0 Å². The lowest BCUT2D eigenvalue weighted by Gasteiger charge is -2.26. The fraction of sp³-hybridized carbons (Fsp3) is 0.391. The van der Waals surface area contributed by atoms with Gasteiger partial charge in [-0.1, -0.05) is 50.2 Å². The molecule has 0 aliphatic carbocycles. The standard InChI is InChI=1S/C23H31NS2/c1-5-17(6-2)19-14-15-21(24(7-3)8-4)20(16-19)23(26)22(25)18-12-10-9-11-13-18/h9-17,25-26H,5-8H2,1-4H3. The van der Waals surface area contributed by atoms with Gasteiger partial charge in [0.25, 0.3) is 0 Å². The molecule has 0 saturated heterocycles. The third-order valence-corrected chi connectivity index (χ3v) is 6.23. The van der Waals surface area contributed by atoms with E-state index in [-0.39, 0.29) is 0 Å². The van der Waals surface area contributed by atoms with E-state index in [1.54, 1.807) is 0 Å². The van der Waals surface area contributed by atoms with Gasteiger partial charge in [0.05, 0.1) is 0 Å². The second-order valence-electron chi connectivity index (χ2n) is 6.53. The summed E-state index contributed by atoms with van der Waals surface area (Å²) in [4.78, 5) is 4.24. The van der Waals surface area contributed by atoms with Crippen LogP contribution < -0.4 is 4.90 Å². The van der Waals surface area contributed by atoms with Gasteiger partial charge in [0.15, 0.2) is 0 Å². The van der Waals surface area contributed by atoms with E-state index in [0.717, 1.165) is 41.3 Å². The molecule has 0 aliphatic rings. The third kappa shape index (κ3) is 4.69. The Bertz CT molecular complexity index is 729. The molecule has 0 amide bonds. The Morgan fingerprint density at radius 3 is 2.00 bits per heavy atom. The Kier molecular flexibility index (Phi) is 8.17. The smallest absolute Gasteiger partial charge is 0.0451 e. The molecule has 3 heteroatoms. The average Bonchev–Trinajstić information content (AvgIpc) is 2.70. The van der Waals surface area contributed by atoms with Crippen molar-refractivity contribution in [2.75, 3.05) is 18.0 Å². The molecule has 0 spiro atoms. The molecule has 0 radical (unpaired) electrons. The SMILES string of the molecule is CCC(CC)c1ccc(N(CC)CC)c(C(S)=C(S)c2ccccc2)c1. The summed E-state index contributed by atoms with van der Waals surface area (Å²) in [5, 5.41) is 0. The highest BCUT2D eigenvalue weighted by Gasteiger charge is 2.16. The lowest BCUT2D eigenvalue weighted by atomic mass is 9.91. The lowest BCUT2D eigenvalue weighted by Crippen LogP contribution is -2.23. The minimum atomic E-state index is 0.584. The highest BCUT2D eigenvalue weighted by molar-refractivity contribution is 7.96. The minimum absolute atomic E-state index is 0.584. The molecule has 2 aromatic carbocycles. The number of hydrogen-bond acceptors (Lipinski definition) is 3. The Balaban J connectivity index is 2.63. The van der Waals surface area contributed by atoms with E-state index in [1.807, 2.05) is 18.2 Å². The van der Waals surface area contributed by atoms with Crippen molar-refractivity contribution in [1.29, 1.82) is 0 Å². The van der Waals surface area contributed by atoms with Crippen LogP contribution in [0.1, 0.15) is 63.1 Å². The summed E-state index contributed by atoms with van der Waals surface area (Å²) in [7, 11) is 0. The molecule has 0 saturated carbocycles. The molecule has 0 heterocycles. The van der Waals surface area contributed by atoms with Crippen molar-refractivity contribution in [2.24, 2.45) is 0 Å². The van der Waals surface area contributed by atoms with Gasteiger partial charge in [0.2, 0.25) is 0 Å². The highest BCUT2D eigenvalue weighted by Crippen LogP contribution is 2.39. The van der Waals surface area contributed by atoms with Crippen LogP contribution in [-0.4, -0.2) is 13.1 Å². The molecule has 2 rings (SSSR count). The molecule has 0 N–H and O–H groups in total. The first-order valence-electron chi connectivity index (χ1n) is 9.64. The van der Waals surface area contributed by atoms with Crippen LogP contribution in [0.4, 0.5) is 5.69 Å². The van der Waals surface area contributed by atoms with Crippen LogP contribution in [-0.2, 0) is 0 Å². The first-order valence-corrected chi connectivity index (χ1v) is 10.5. The summed E-state index contributed by atoms with van der Waals surface area (Å²) in [5.41, 5.74) is 4.90. The van der Waals surface area contributed by atoms with E-state index in [1.165, 1.54) is 16.8 Å². The molecule has 0 bridgehead atoms. The Morgan fingerprint density at radius 1 is 0.846 bits per heavy atom. The van der Waals surface area contributed by atoms with Crippen LogP contribution in [0.5, 0.6) is 0 Å². The molecule has 1 nitrogen and oxygen atoms in total. The Morgan fingerprint density at radius 2 is 1.46 bits per heavy atom. The van der Waals surface area contributed by atoms with E-state index in [2.05, 4.69) is 62.9 Å². The number of anilines is 1. The molecule has 26 heavy (non-hydrogen) atoms. The quantitative estimate of drug-likeness (QED) is 0.361. The first-order chi connectivity index (χ1) is 12.6. The fourth-order valence-electron chi connectivity index (χ4n) is 3.46. The fourth-order valence-corrected chi connectivity index (χ4v) is 4.04. The van der Waals surface area contributed by atoms with Gasteiger partial charge in [-0.2, -0.15) is 0 Å². The number of thiol groups is 2. The van der Waals surface area contributed by atoms with E-state index < -0.39 is 0 Å². The monoisotopic (exact) mass is 385 g/mol. The van der Waals surface area contributed by atoms with Gasteiger partial charge in [-0.05, 0) is 55.9 Å². The van der Waals surface area contributed by atoms with E-state index in [0.29, 0.717) is 5.92 Å². The second kappa shape index (κ2) is 10.1. The van der Waals surface area contributed by atoms with Crippen LogP contribution in [0.15, 0.2) is 48.5 Å². The normalized spacial score (nSPS) is 12.3. The van der Waals surface area contributed by atoms with Crippen molar-refractivity contribution < 1.29 is 0 Å². The van der Waals surface area contributed by atoms with Crippen LogP contribution in [0, 0.1) is 0 Å². The molecule has 140 valence electrons. The predicted molar refractivity (Wildman–Crippen MR) is 125 cm³/mol. The van der Waals surface area contributed by atoms with Crippen molar-refractivity contribution >= 4 is 40.8 Å². The van der Waals surface area contributed by atoms with Gasteiger partial charge in [-0.3, -0.25) is 0 Å². The first kappa shape index (κ1) is 21.0. The second-order valence-corrected chi connectivity index (χ2v) is 7.42. The maximum absolute atomic E-state index is 4.92. The highest BCUT2D eigenvalue weighted by atomic mass is 32.1. The summed E-state index contributed by atoms with van der Waals surface area (Å²) in [6, 6.07) is 17.2. The van der Waals surface area contributed by atoms with Crippen molar-refractivity contribution in [1.82, 2.24) is 0 Å². The maximum Gasteiger partial charge on any atom is 0.0451 e. The van der Waals surface area contributed by atoms with Crippen molar-refractivity contribution in [3.8, 4) is 0 Å². The third-order valence-electron chi connectivity index (χ3n) is 5.11. The van der Waals surface area contributed by atoms with Gasteiger partial charge < -0.3 is 4.90 Å². The number of rotatable bonds is 8. The Hall–Kier alpha value is -1.32. The van der Waals surface area contributed by atoms with Crippen molar-refractivity contribution in [3.63, 3.8) is 0 Å². The topological polar surface area (TPSA) is 3.24 Å². The zero-order valence-corrected chi connectivity index (χ0v) is 18.2. The minimum Gasteiger partial charge on any atom is -0.372 e. The summed E-state index contributed by atoms with van der Waals surface area (Å²) in [5.74, 6) is 0.584. The van der Waals surface area contributed by atoms with Gasteiger partial charge >= 0.3 is 0 Å². The summed E-state index contributed by atoms with van der Waals surface area (Å²) in [6.07, 6.45) is 2.30.